The summed E-state index contributed by atoms with van der Waals surface area (Å²) >= 11 is 1.57. The van der Waals surface area contributed by atoms with Crippen molar-refractivity contribution in [2.75, 3.05) is 21.2 Å². The summed E-state index contributed by atoms with van der Waals surface area (Å²) in [6.45, 7) is 2.84. The average molecular weight is 465 g/mol. The van der Waals surface area contributed by atoms with E-state index < -0.39 is 0 Å². The molecule has 0 N–H and O–H groups in total. The number of rotatable bonds is 9. The minimum absolute atomic E-state index is 0.160. The summed E-state index contributed by atoms with van der Waals surface area (Å²) in [6.07, 6.45) is 0.927. The van der Waals surface area contributed by atoms with Crippen LogP contribution in [0.4, 0.5) is 0 Å². The van der Waals surface area contributed by atoms with Crippen molar-refractivity contribution in [2.24, 2.45) is 0 Å². The second-order valence-electron chi connectivity index (χ2n) is 8.04. The quantitative estimate of drug-likeness (QED) is 0.261. The fourth-order valence-corrected chi connectivity index (χ4v) is 4.88. The highest BCUT2D eigenvalue weighted by Gasteiger charge is 2.22. The van der Waals surface area contributed by atoms with E-state index >= 15 is 0 Å². The van der Waals surface area contributed by atoms with E-state index in [0.717, 1.165) is 28.4 Å². The van der Waals surface area contributed by atoms with Gasteiger partial charge in [-0.15, -0.1) is 10.2 Å². The molecule has 0 aliphatic carbocycles. The first kappa shape index (κ1) is 23.1. The van der Waals surface area contributed by atoms with E-state index in [4.69, 9.17) is 9.15 Å². The summed E-state index contributed by atoms with van der Waals surface area (Å²) in [5.41, 5.74) is 2.22. The van der Waals surface area contributed by atoms with E-state index in [2.05, 4.69) is 52.8 Å². The Bertz CT molecular complexity index is 1280. The Kier molecular flexibility index (Phi) is 7.15. The number of benzene rings is 2. The number of aromatic nitrogens is 3. The van der Waals surface area contributed by atoms with Crippen molar-refractivity contribution in [1.29, 1.82) is 0 Å². The van der Waals surface area contributed by atoms with Crippen molar-refractivity contribution in [1.82, 2.24) is 19.7 Å². The van der Waals surface area contributed by atoms with E-state index in [-0.39, 0.29) is 11.7 Å². The van der Waals surface area contributed by atoms with Gasteiger partial charge in [-0.1, -0.05) is 49.0 Å². The number of ether oxygens (including phenoxy) is 1. The summed E-state index contributed by atoms with van der Waals surface area (Å²) in [6, 6.07) is 17.6. The smallest absolute Gasteiger partial charge is 0.336 e. The number of methoxy groups -OCH3 is 1. The lowest BCUT2D eigenvalue weighted by Gasteiger charge is -2.23. The molecule has 4 rings (SSSR count). The van der Waals surface area contributed by atoms with Gasteiger partial charge in [0, 0.05) is 23.3 Å². The van der Waals surface area contributed by atoms with Gasteiger partial charge in [0.15, 0.2) is 11.0 Å². The van der Waals surface area contributed by atoms with Crippen LogP contribution in [0.15, 0.2) is 69.0 Å². The standard InChI is InChI=1S/C25H28N4O3S/c1-5-21(28(2)3)24-26-27-25(29(24)15-17-9-7-6-8-10-17)33-16-18-13-23(30)32-22-14-19(31-4)11-12-20(18)22/h6-14,21H,5,15-16H2,1-4H3. The fraction of sp³-hybridized carbons (Fsp3) is 0.320. The van der Waals surface area contributed by atoms with Gasteiger partial charge in [0.25, 0.3) is 0 Å². The van der Waals surface area contributed by atoms with Crippen molar-refractivity contribution in [3.8, 4) is 5.75 Å². The Morgan fingerprint density at radius 3 is 2.61 bits per heavy atom. The van der Waals surface area contributed by atoms with Gasteiger partial charge in [-0.05, 0) is 43.8 Å². The van der Waals surface area contributed by atoms with Crippen LogP contribution in [-0.4, -0.2) is 40.9 Å². The number of fused-ring (bicyclic) bond motifs is 1. The molecule has 1 unspecified atom stereocenters. The minimum Gasteiger partial charge on any atom is -0.497 e. The van der Waals surface area contributed by atoms with Crippen molar-refractivity contribution in [2.45, 2.75) is 36.8 Å². The van der Waals surface area contributed by atoms with Crippen molar-refractivity contribution in [3.05, 3.63) is 82.0 Å². The molecule has 33 heavy (non-hydrogen) atoms. The normalized spacial score (nSPS) is 12.4. The Labute approximate surface area is 197 Å². The van der Waals surface area contributed by atoms with Gasteiger partial charge in [0.1, 0.15) is 11.3 Å². The van der Waals surface area contributed by atoms with E-state index in [1.165, 1.54) is 5.56 Å². The lowest BCUT2D eigenvalue weighted by Crippen LogP contribution is -2.23. The second-order valence-corrected chi connectivity index (χ2v) is 8.98. The maximum Gasteiger partial charge on any atom is 0.336 e. The molecule has 8 heteroatoms. The molecule has 1 atom stereocenters. The highest BCUT2D eigenvalue weighted by Crippen LogP contribution is 2.30. The highest BCUT2D eigenvalue weighted by atomic mass is 32.2. The Morgan fingerprint density at radius 2 is 1.91 bits per heavy atom. The first-order valence-electron chi connectivity index (χ1n) is 10.9. The molecule has 2 heterocycles. The van der Waals surface area contributed by atoms with Crippen molar-refractivity contribution in [3.63, 3.8) is 0 Å². The largest absolute Gasteiger partial charge is 0.497 e. The molecule has 0 aliphatic rings. The summed E-state index contributed by atoms with van der Waals surface area (Å²) in [7, 11) is 5.71. The molecular weight excluding hydrogens is 436 g/mol. The summed E-state index contributed by atoms with van der Waals surface area (Å²) < 4.78 is 12.8. The maximum absolute atomic E-state index is 12.2. The highest BCUT2D eigenvalue weighted by molar-refractivity contribution is 7.98. The number of hydrogen-bond acceptors (Lipinski definition) is 7. The summed E-state index contributed by atoms with van der Waals surface area (Å²) in [5.74, 6) is 2.16. The molecule has 2 aromatic heterocycles. The van der Waals surface area contributed by atoms with Crippen LogP contribution in [0.3, 0.4) is 0 Å². The van der Waals surface area contributed by atoms with Crippen LogP contribution in [0.2, 0.25) is 0 Å². The lowest BCUT2D eigenvalue weighted by atomic mass is 10.1. The zero-order valence-corrected chi connectivity index (χ0v) is 20.1. The van der Waals surface area contributed by atoms with Gasteiger partial charge in [-0.3, -0.25) is 4.90 Å². The van der Waals surface area contributed by atoms with Gasteiger partial charge in [0.2, 0.25) is 0 Å². The fourth-order valence-electron chi connectivity index (χ4n) is 3.95. The topological polar surface area (TPSA) is 73.4 Å². The summed E-state index contributed by atoms with van der Waals surface area (Å²) in [4.78, 5) is 14.3. The van der Waals surface area contributed by atoms with Crippen LogP contribution in [0.1, 0.15) is 36.3 Å². The van der Waals surface area contributed by atoms with Gasteiger partial charge in [-0.2, -0.15) is 0 Å². The number of nitrogens with zero attached hydrogens (tertiary/aromatic N) is 4. The Hall–Kier alpha value is -3.10. The molecule has 172 valence electrons. The Morgan fingerprint density at radius 1 is 1.12 bits per heavy atom. The summed E-state index contributed by atoms with van der Waals surface area (Å²) in [5, 5.41) is 10.8. The van der Waals surface area contributed by atoms with E-state index in [0.29, 0.717) is 23.6 Å². The zero-order chi connectivity index (χ0) is 23.4. The van der Waals surface area contributed by atoms with Crippen LogP contribution < -0.4 is 10.4 Å². The third-order valence-corrected chi connectivity index (χ3v) is 6.65. The van der Waals surface area contributed by atoms with Gasteiger partial charge in [-0.25, -0.2) is 4.79 Å². The third-order valence-electron chi connectivity index (χ3n) is 5.63. The molecule has 0 spiro atoms. The molecule has 4 aromatic rings. The second kappa shape index (κ2) is 10.2. The zero-order valence-electron chi connectivity index (χ0n) is 19.3. The van der Waals surface area contributed by atoms with Crippen LogP contribution >= 0.6 is 11.8 Å². The predicted octanol–water partition coefficient (Wildman–Crippen LogP) is 4.75. The molecule has 0 saturated carbocycles. The molecular formula is C25H28N4O3S. The van der Waals surface area contributed by atoms with E-state index in [1.54, 1.807) is 31.0 Å². The molecule has 0 bridgehead atoms. The lowest BCUT2D eigenvalue weighted by molar-refractivity contribution is 0.272. The molecule has 0 radical (unpaired) electrons. The SMILES string of the molecule is CCC(c1nnc(SCc2cc(=O)oc3cc(OC)ccc23)n1Cc1ccccc1)N(C)C. The van der Waals surface area contributed by atoms with Crippen LogP contribution in [-0.2, 0) is 12.3 Å². The first-order chi connectivity index (χ1) is 16.0. The molecule has 2 aromatic carbocycles. The van der Waals surface area contributed by atoms with Gasteiger partial charge < -0.3 is 13.7 Å². The maximum atomic E-state index is 12.2. The predicted molar refractivity (Wildman–Crippen MR) is 131 cm³/mol. The number of thioether (sulfide) groups is 1. The number of hydrogen-bond donors (Lipinski definition) is 0. The molecule has 7 nitrogen and oxygen atoms in total. The van der Waals surface area contributed by atoms with Crippen molar-refractivity contribution < 1.29 is 9.15 Å². The van der Waals surface area contributed by atoms with Crippen LogP contribution in [0.25, 0.3) is 11.0 Å². The minimum atomic E-state index is -0.378. The van der Waals surface area contributed by atoms with E-state index in [1.807, 2.05) is 30.3 Å². The average Bonchev–Trinajstić information content (AvgIpc) is 3.19. The van der Waals surface area contributed by atoms with Crippen LogP contribution in [0.5, 0.6) is 5.75 Å². The molecule has 0 saturated heterocycles. The van der Waals surface area contributed by atoms with Crippen molar-refractivity contribution >= 4 is 22.7 Å². The monoisotopic (exact) mass is 464 g/mol. The van der Waals surface area contributed by atoms with E-state index in [9.17, 15) is 4.79 Å². The third kappa shape index (κ3) is 5.12. The van der Waals surface area contributed by atoms with Crippen LogP contribution in [0, 0.1) is 0 Å². The molecule has 0 fully saturated rings. The van der Waals surface area contributed by atoms with Gasteiger partial charge in [0.05, 0.1) is 19.7 Å². The first-order valence-corrected chi connectivity index (χ1v) is 11.9. The molecule has 0 aliphatic heterocycles. The molecule has 0 amide bonds. The van der Waals surface area contributed by atoms with Gasteiger partial charge >= 0.3 is 5.63 Å². The Balaban J connectivity index is 1.68.